The van der Waals surface area contributed by atoms with Crippen LogP contribution in [0, 0.1) is 0 Å². The second-order valence-electron chi connectivity index (χ2n) is 4.71. The first-order chi connectivity index (χ1) is 11.3. The Kier molecular flexibility index (Phi) is 4.39. The first-order valence-corrected chi connectivity index (χ1v) is 7.08. The maximum atomic E-state index is 12.3. The number of nitrogens with two attached hydrogens (primary N) is 1. The molecule has 3 aromatic rings. The molecule has 2 heterocycles. The second kappa shape index (κ2) is 6.80. The van der Waals surface area contributed by atoms with E-state index in [1.807, 2.05) is 18.2 Å². The Morgan fingerprint density at radius 2 is 1.91 bits per heavy atom. The number of carbonyl (C=O) groups is 1. The lowest BCUT2D eigenvalue weighted by molar-refractivity contribution is 0.101. The summed E-state index contributed by atoms with van der Waals surface area (Å²) in [4.78, 5) is 24.4. The van der Waals surface area contributed by atoms with Gasteiger partial charge >= 0.3 is 0 Å². The Labute approximate surface area is 132 Å². The highest BCUT2D eigenvalue weighted by Crippen LogP contribution is 2.28. The Morgan fingerprint density at radius 1 is 1.13 bits per heavy atom. The monoisotopic (exact) mass is 309 g/mol. The number of nitrogens with one attached hydrogen (secondary N) is 1. The number of hydrogen-bond donors (Lipinski definition) is 2. The number of amides is 1. The summed E-state index contributed by atoms with van der Waals surface area (Å²) in [6.45, 7) is 0.797. The van der Waals surface area contributed by atoms with E-state index >= 15 is 0 Å². The molecular formula is C16H15N5O2. The van der Waals surface area contributed by atoms with Crippen molar-refractivity contribution in [1.82, 2.24) is 15.0 Å². The van der Waals surface area contributed by atoms with E-state index in [2.05, 4.69) is 20.3 Å². The molecular weight excluding hydrogens is 294 g/mol. The first-order valence-electron chi connectivity index (χ1n) is 7.08. The van der Waals surface area contributed by atoms with Crippen LogP contribution in [0.3, 0.4) is 0 Å². The molecule has 1 aromatic carbocycles. The van der Waals surface area contributed by atoms with E-state index in [0.717, 1.165) is 5.39 Å². The average Bonchev–Trinajstić information content (AvgIpc) is 2.60. The molecule has 116 valence electrons. The molecule has 0 radical (unpaired) electrons. The van der Waals surface area contributed by atoms with Crippen LogP contribution >= 0.6 is 0 Å². The normalized spacial score (nSPS) is 10.5. The molecule has 0 saturated heterocycles. The fourth-order valence-corrected chi connectivity index (χ4v) is 2.11. The topological polar surface area (TPSA) is 103 Å². The Morgan fingerprint density at radius 3 is 2.70 bits per heavy atom. The van der Waals surface area contributed by atoms with Crippen molar-refractivity contribution in [2.45, 2.75) is 0 Å². The summed E-state index contributed by atoms with van der Waals surface area (Å²) in [7, 11) is 0. The highest BCUT2D eigenvalue weighted by atomic mass is 16.5. The summed E-state index contributed by atoms with van der Waals surface area (Å²) in [5.41, 5.74) is 6.66. The number of carbonyl (C=O) groups excluding carboxylic acids is 1. The van der Waals surface area contributed by atoms with Gasteiger partial charge in [0.15, 0.2) is 0 Å². The van der Waals surface area contributed by atoms with Crippen molar-refractivity contribution in [3.05, 3.63) is 54.7 Å². The van der Waals surface area contributed by atoms with Crippen LogP contribution in [0.2, 0.25) is 0 Å². The molecule has 23 heavy (non-hydrogen) atoms. The third-order valence-corrected chi connectivity index (χ3v) is 3.08. The summed E-state index contributed by atoms with van der Waals surface area (Å²) in [6.07, 6.45) is 4.69. The van der Waals surface area contributed by atoms with Gasteiger partial charge in [0, 0.05) is 36.6 Å². The maximum absolute atomic E-state index is 12.3. The molecule has 0 bridgehead atoms. The molecule has 3 N–H and O–H groups in total. The van der Waals surface area contributed by atoms with Gasteiger partial charge in [-0.05, 0) is 18.2 Å². The van der Waals surface area contributed by atoms with Crippen molar-refractivity contribution in [1.29, 1.82) is 0 Å². The van der Waals surface area contributed by atoms with E-state index in [9.17, 15) is 4.79 Å². The van der Waals surface area contributed by atoms with E-state index in [-0.39, 0.29) is 5.82 Å². The number of fused-ring (bicyclic) bond motifs is 1. The van der Waals surface area contributed by atoms with Crippen molar-refractivity contribution >= 4 is 22.5 Å². The van der Waals surface area contributed by atoms with Crippen LogP contribution in [-0.2, 0) is 0 Å². The van der Waals surface area contributed by atoms with E-state index in [1.165, 1.54) is 12.4 Å². The maximum Gasteiger partial charge on any atom is 0.293 e. The van der Waals surface area contributed by atoms with Crippen LogP contribution in [0.4, 0.5) is 5.69 Å². The molecule has 1 amide bonds. The van der Waals surface area contributed by atoms with Gasteiger partial charge < -0.3 is 15.8 Å². The second-order valence-corrected chi connectivity index (χ2v) is 4.71. The van der Waals surface area contributed by atoms with Crippen LogP contribution in [0.1, 0.15) is 10.6 Å². The Hall–Kier alpha value is -3.06. The molecule has 3 rings (SSSR count). The number of benzene rings is 1. The van der Waals surface area contributed by atoms with Gasteiger partial charge in [-0.2, -0.15) is 0 Å². The molecule has 0 aliphatic carbocycles. The van der Waals surface area contributed by atoms with Gasteiger partial charge in [-0.15, -0.1) is 0 Å². The summed E-state index contributed by atoms with van der Waals surface area (Å²) in [5.74, 6) is 0.290. The highest BCUT2D eigenvalue weighted by molar-refractivity contribution is 6.06. The number of nitrogens with zero attached hydrogens (tertiary/aromatic N) is 3. The fourth-order valence-electron chi connectivity index (χ4n) is 2.11. The van der Waals surface area contributed by atoms with Crippen LogP contribution < -0.4 is 15.8 Å². The zero-order valence-electron chi connectivity index (χ0n) is 12.3. The molecule has 0 saturated carbocycles. The minimum Gasteiger partial charge on any atom is -0.492 e. The minimum absolute atomic E-state index is 0.0878. The van der Waals surface area contributed by atoms with Crippen LogP contribution in [0.5, 0.6) is 5.75 Å². The van der Waals surface area contributed by atoms with Gasteiger partial charge in [-0.3, -0.25) is 9.78 Å². The molecule has 0 spiro atoms. The summed E-state index contributed by atoms with van der Waals surface area (Å²) < 4.78 is 5.56. The van der Waals surface area contributed by atoms with E-state index in [1.54, 1.807) is 18.3 Å². The lowest BCUT2D eigenvalue weighted by Crippen LogP contribution is -2.16. The average molecular weight is 309 g/mol. The predicted molar refractivity (Wildman–Crippen MR) is 86.3 cm³/mol. The minimum atomic E-state index is -0.409. The lowest BCUT2D eigenvalue weighted by atomic mass is 10.1. The molecule has 0 aliphatic rings. The third-order valence-electron chi connectivity index (χ3n) is 3.08. The molecule has 0 atom stereocenters. The third kappa shape index (κ3) is 3.41. The van der Waals surface area contributed by atoms with E-state index in [0.29, 0.717) is 30.1 Å². The van der Waals surface area contributed by atoms with Crippen molar-refractivity contribution in [3.8, 4) is 5.75 Å². The van der Waals surface area contributed by atoms with Crippen molar-refractivity contribution in [2.24, 2.45) is 5.73 Å². The van der Waals surface area contributed by atoms with Crippen molar-refractivity contribution in [3.63, 3.8) is 0 Å². The quantitative estimate of drug-likeness (QED) is 0.742. The van der Waals surface area contributed by atoms with E-state index in [4.69, 9.17) is 10.5 Å². The number of anilines is 1. The number of rotatable bonds is 5. The highest BCUT2D eigenvalue weighted by Gasteiger charge is 2.13. The van der Waals surface area contributed by atoms with E-state index < -0.39 is 5.91 Å². The number of pyridine rings is 1. The molecule has 7 nitrogen and oxygen atoms in total. The lowest BCUT2D eigenvalue weighted by Gasteiger charge is -2.11. The predicted octanol–water partition coefficient (Wildman–Crippen LogP) is 1.61. The standard InChI is InChI=1S/C16H15N5O2/c17-4-8-23-12-9-11-3-1-5-18-14(11)13(10-12)21-16(22)15-19-6-2-7-20-15/h1-3,5-7,9-10H,4,8,17H2,(H,21,22). The SMILES string of the molecule is NCCOc1cc(NC(=O)c2ncccn2)c2ncccc2c1. The molecule has 0 fully saturated rings. The zero-order valence-corrected chi connectivity index (χ0v) is 12.3. The van der Waals surface area contributed by atoms with Crippen LogP contribution in [0.25, 0.3) is 10.9 Å². The zero-order chi connectivity index (χ0) is 16.1. The Bertz CT molecular complexity index is 823. The molecule has 0 unspecified atom stereocenters. The Balaban J connectivity index is 1.96. The largest absolute Gasteiger partial charge is 0.492 e. The number of ether oxygens (including phenoxy) is 1. The van der Waals surface area contributed by atoms with Crippen LogP contribution in [0.15, 0.2) is 48.9 Å². The fraction of sp³-hybridized carbons (Fsp3) is 0.125. The van der Waals surface area contributed by atoms with Gasteiger partial charge in [-0.25, -0.2) is 9.97 Å². The number of hydrogen-bond acceptors (Lipinski definition) is 6. The van der Waals surface area contributed by atoms with Crippen molar-refractivity contribution in [2.75, 3.05) is 18.5 Å². The van der Waals surface area contributed by atoms with Gasteiger partial charge in [0.1, 0.15) is 12.4 Å². The summed E-state index contributed by atoms with van der Waals surface area (Å²) in [6, 6.07) is 8.93. The molecule has 0 aliphatic heterocycles. The summed E-state index contributed by atoms with van der Waals surface area (Å²) >= 11 is 0. The van der Waals surface area contributed by atoms with Gasteiger partial charge in [-0.1, -0.05) is 6.07 Å². The van der Waals surface area contributed by atoms with Crippen LogP contribution in [-0.4, -0.2) is 34.0 Å². The molecule has 7 heteroatoms. The van der Waals surface area contributed by atoms with Gasteiger partial charge in [0.25, 0.3) is 5.91 Å². The first kappa shape index (κ1) is 14.9. The van der Waals surface area contributed by atoms with Gasteiger partial charge in [0.05, 0.1) is 11.2 Å². The van der Waals surface area contributed by atoms with Gasteiger partial charge in [0.2, 0.25) is 5.82 Å². The number of aromatic nitrogens is 3. The smallest absolute Gasteiger partial charge is 0.293 e. The van der Waals surface area contributed by atoms with Crippen molar-refractivity contribution < 1.29 is 9.53 Å². The molecule has 2 aromatic heterocycles. The summed E-state index contributed by atoms with van der Waals surface area (Å²) in [5, 5.41) is 3.63.